The van der Waals surface area contributed by atoms with E-state index >= 15 is 0 Å². The number of piperazine rings is 1. The van der Waals surface area contributed by atoms with E-state index in [1.165, 1.54) is 6.33 Å². The van der Waals surface area contributed by atoms with Crippen molar-refractivity contribution < 1.29 is 19.1 Å². The summed E-state index contributed by atoms with van der Waals surface area (Å²) >= 11 is 0. The molecule has 11 heteroatoms. The van der Waals surface area contributed by atoms with Crippen molar-refractivity contribution in [1.29, 1.82) is 0 Å². The molecule has 0 bridgehead atoms. The van der Waals surface area contributed by atoms with Crippen LogP contribution in [-0.4, -0.2) is 100 Å². The molecule has 2 fully saturated rings. The van der Waals surface area contributed by atoms with Crippen LogP contribution in [0.2, 0.25) is 0 Å². The number of carbonyl (C=O) groups excluding carboxylic acids is 2. The second-order valence-corrected chi connectivity index (χ2v) is 7.31. The Balaban J connectivity index is 1.55. The average Bonchev–Trinajstić information content (AvgIpc) is 3.22. The highest BCUT2D eigenvalue weighted by atomic mass is 16.5. The molecule has 0 aromatic carbocycles. The third-order valence-corrected chi connectivity index (χ3v) is 5.46. The number of hydrogen-bond donors (Lipinski definition) is 0. The van der Waals surface area contributed by atoms with Crippen molar-refractivity contribution >= 4 is 23.6 Å². The Labute approximate surface area is 174 Å². The zero-order valence-corrected chi connectivity index (χ0v) is 17.4. The summed E-state index contributed by atoms with van der Waals surface area (Å²) in [5.74, 6) is 0.979. The standard InChI is InChI=1S/C19H27N7O4/c1-3-30-16(27)12-15-14(2)22-18-20-13-21-26(18)17(15)23-4-6-24(7-5-23)19(28)25-8-10-29-11-9-25/h13H,3-12H2,1-2H3. The van der Waals surface area contributed by atoms with E-state index in [4.69, 9.17) is 9.47 Å². The molecular formula is C19H27N7O4. The van der Waals surface area contributed by atoms with Gasteiger partial charge in [0.15, 0.2) is 0 Å². The van der Waals surface area contributed by atoms with Gasteiger partial charge in [-0.1, -0.05) is 0 Å². The number of amides is 2. The van der Waals surface area contributed by atoms with E-state index in [-0.39, 0.29) is 18.4 Å². The minimum atomic E-state index is -0.302. The number of anilines is 1. The molecule has 2 aromatic heterocycles. The van der Waals surface area contributed by atoms with Gasteiger partial charge in [0.25, 0.3) is 5.78 Å². The summed E-state index contributed by atoms with van der Waals surface area (Å²) in [5, 5.41) is 4.32. The van der Waals surface area contributed by atoms with Crippen LogP contribution in [0.1, 0.15) is 18.2 Å². The first-order valence-corrected chi connectivity index (χ1v) is 10.3. The van der Waals surface area contributed by atoms with Crippen molar-refractivity contribution in [3.63, 3.8) is 0 Å². The predicted octanol–water partition coefficient (Wildman–Crippen LogP) is 0.113. The van der Waals surface area contributed by atoms with Crippen molar-refractivity contribution in [2.45, 2.75) is 20.3 Å². The molecule has 0 atom stereocenters. The number of aromatic nitrogens is 4. The first-order valence-electron chi connectivity index (χ1n) is 10.3. The number of morpholine rings is 1. The SMILES string of the molecule is CCOC(=O)Cc1c(C)nc2ncnn2c1N1CCN(C(=O)N2CCOCC2)CC1. The van der Waals surface area contributed by atoms with Gasteiger partial charge in [0, 0.05) is 50.5 Å². The van der Waals surface area contributed by atoms with Gasteiger partial charge < -0.3 is 24.2 Å². The van der Waals surface area contributed by atoms with Crippen LogP contribution in [0, 0.1) is 6.92 Å². The maximum atomic E-state index is 12.8. The number of carbonyl (C=O) groups is 2. The smallest absolute Gasteiger partial charge is 0.320 e. The van der Waals surface area contributed by atoms with Gasteiger partial charge in [-0.2, -0.15) is 14.6 Å². The fourth-order valence-electron chi connectivity index (χ4n) is 3.92. The summed E-state index contributed by atoms with van der Waals surface area (Å²) in [5.41, 5.74) is 1.50. The average molecular weight is 417 g/mol. The van der Waals surface area contributed by atoms with E-state index in [1.807, 2.05) is 16.7 Å². The fourth-order valence-corrected chi connectivity index (χ4v) is 3.92. The van der Waals surface area contributed by atoms with Gasteiger partial charge in [-0.3, -0.25) is 4.79 Å². The molecule has 2 saturated heterocycles. The largest absolute Gasteiger partial charge is 0.466 e. The predicted molar refractivity (Wildman–Crippen MR) is 107 cm³/mol. The Hall–Kier alpha value is -2.95. The second-order valence-electron chi connectivity index (χ2n) is 7.31. The normalized spacial score (nSPS) is 17.5. The molecule has 11 nitrogen and oxygen atoms in total. The number of aryl methyl sites for hydroxylation is 1. The van der Waals surface area contributed by atoms with Gasteiger partial charge in [0.05, 0.1) is 26.2 Å². The number of esters is 1. The topological polar surface area (TPSA) is 105 Å². The Morgan fingerprint density at radius 1 is 1.10 bits per heavy atom. The lowest BCUT2D eigenvalue weighted by Gasteiger charge is -2.39. The molecule has 0 N–H and O–H groups in total. The molecule has 2 amide bonds. The molecule has 4 heterocycles. The highest BCUT2D eigenvalue weighted by molar-refractivity contribution is 5.77. The zero-order chi connectivity index (χ0) is 21.1. The number of rotatable bonds is 4. The molecule has 2 aliphatic heterocycles. The number of urea groups is 1. The van der Waals surface area contributed by atoms with E-state index in [0.29, 0.717) is 64.9 Å². The van der Waals surface area contributed by atoms with Crippen LogP contribution in [0.4, 0.5) is 10.6 Å². The number of fused-ring (bicyclic) bond motifs is 1. The van der Waals surface area contributed by atoms with Crippen LogP contribution in [0.3, 0.4) is 0 Å². The maximum Gasteiger partial charge on any atom is 0.320 e. The molecule has 2 aliphatic rings. The molecule has 0 spiro atoms. The van der Waals surface area contributed by atoms with Crippen molar-refractivity contribution in [3.8, 4) is 0 Å². The van der Waals surface area contributed by atoms with Crippen LogP contribution < -0.4 is 4.90 Å². The molecule has 0 aliphatic carbocycles. The van der Waals surface area contributed by atoms with E-state index < -0.39 is 0 Å². The fraction of sp³-hybridized carbons (Fsp3) is 0.632. The van der Waals surface area contributed by atoms with Crippen molar-refractivity contribution in [3.05, 3.63) is 17.6 Å². The van der Waals surface area contributed by atoms with Crippen LogP contribution in [0.25, 0.3) is 5.78 Å². The minimum absolute atomic E-state index is 0.0570. The van der Waals surface area contributed by atoms with Crippen LogP contribution >= 0.6 is 0 Å². The lowest BCUT2D eigenvalue weighted by atomic mass is 10.1. The van der Waals surface area contributed by atoms with Crippen molar-refractivity contribution in [1.82, 2.24) is 29.4 Å². The Morgan fingerprint density at radius 3 is 2.50 bits per heavy atom. The summed E-state index contributed by atoms with van der Waals surface area (Å²) in [7, 11) is 0. The maximum absolute atomic E-state index is 12.8. The van der Waals surface area contributed by atoms with Gasteiger partial charge in [-0.15, -0.1) is 0 Å². The molecule has 0 unspecified atom stereocenters. The number of ether oxygens (including phenoxy) is 2. The molecule has 4 rings (SSSR count). The molecule has 162 valence electrons. The highest BCUT2D eigenvalue weighted by Gasteiger charge is 2.29. The molecule has 2 aromatic rings. The van der Waals surface area contributed by atoms with Gasteiger partial charge in [0.2, 0.25) is 0 Å². The molecule has 0 radical (unpaired) electrons. The van der Waals surface area contributed by atoms with Gasteiger partial charge in [-0.05, 0) is 13.8 Å². The quantitative estimate of drug-likeness (QED) is 0.646. The summed E-state index contributed by atoms with van der Waals surface area (Å²) < 4.78 is 12.2. The first kappa shape index (κ1) is 20.3. The zero-order valence-electron chi connectivity index (χ0n) is 17.4. The minimum Gasteiger partial charge on any atom is -0.466 e. The lowest BCUT2D eigenvalue weighted by molar-refractivity contribution is -0.142. The second kappa shape index (κ2) is 8.82. The third kappa shape index (κ3) is 4.02. The van der Waals surface area contributed by atoms with Gasteiger partial charge in [0.1, 0.15) is 12.1 Å². The Morgan fingerprint density at radius 2 is 1.80 bits per heavy atom. The summed E-state index contributed by atoms with van der Waals surface area (Å²) in [6.45, 7) is 8.85. The molecular weight excluding hydrogens is 390 g/mol. The van der Waals surface area contributed by atoms with Crippen LogP contribution in [-0.2, 0) is 20.7 Å². The van der Waals surface area contributed by atoms with Gasteiger partial charge >= 0.3 is 12.0 Å². The first-order chi connectivity index (χ1) is 14.6. The number of nitrogens with zero attached hydrogens (tertiary/aromatic N) is 7. The molecule has 30 heavy (non-hydrogen) atoms. The highest BCUT2D eigenvalue weighted by Crippen LogP contribution is 2.25. The van der Waals surface area contributed by atoms with Gasteiger partial charge in [-0.25, -0.2) is 9.78 Å². The molecule has 0 saturated carbocycles. The van der Waals surface area contributed by atoms with E-state index in [0.717, 1.165) is 17.1 Å². The van der Waals surface area contributed by atoms with E-state index in [9.17, 15) is 9.59 Å². The summed E-state index contributed by atoms with van der Waals surface area (Å²) in [4.78, 5) is 39.6. The van der Waals surface area contributed by atoms with Crippen LogP contribution in [0.5, 0.6) is 0 Å². The van der Waals surface area contributed by atoms with E-state index in [1.54, 1.807) is 11.4 Å². The van der Waals surface area contributed by atoms with Crippen LogP contribution in [0.15, 0.2) is 6.33 Å². The summed E-state index contributed by atoms with van der Waals surface area (Å²) in [6, 6.07) is 0.0570. The monoisotopic (exact) mass is 417 g/mol. The Bertz CT molecular complexity index is 917. The lowest BCUT2D eigenvalue weighted by Crippen LogP contribution is -2.55. The van der Waals surface area contributed by atoms with Crippen molar-refractivity contribution in [2.75, 3.05) is 64.0 Å². The summed E-state index contributed by atoms with van der Waals surface area (Å²) in [6.07, 6.45) is 1.57. The van der Waals surface area contributed by atoms with Crippen molar-refractivity contribution in [2.24, 2.45) is 0 Å². The van der Waals surface area contributed by atoms with E-state index in [2.05, 4.69) is 20.0 Å². The number of hydrogen-bond acceptors (Lipinski definition) is 8. The Kier molecular flexibility index (Phi) is 5.98. The third-order valence-electron chi connectivity index (χ3n) is 5.46.